The Kier molecular flexibility index (Phi) is 4.61. The van der Waals surface area contributed by atoms with Crippen molar-refractivity contribution in [1.29, 1.82) is 0 Å². The molecule has 1 heterocycles. The van der Waals surface area contributed by atoms with E-state index in [1.165, 1.54) is 11.1 Å². The van der Waals surface area contributed by atoms with Crippen molar-refractivity contribution >= 4 is 15.9 Å². The fourth-order valence-corrected chi connectivity index (χ4v) is 2.65. The molecular weight excluding hydrogens is 290 g/mol. The van der Waals surface area contributed by atoms with Crippen molar-refractivity contribution in [2.45, 2.75) is 25.8 Å². The Balaban J connectivity index is 2.23. The van der Waals surface area contributed by atoms with Crippen molar-refractivity contribution in [2.24, 2.45) is 0 Å². The lowest BCUT2D eigenvalue weighted by molar-refractivity contribution is 0.495. The molecule has 0 saturated heterocycles. The smallest absolute Gasteiger partial charge is 0.108 e. The monoisotopic (exact) mass is 307 g/mol. The molecule has 2 rings (SSSR count). The second-order valence-corrected chi connectivity index (χ2v) is 5.14. The van der Waals surface area contributed by atoms with Gasteiger partial charge in [0.15, 0.2) is 0 Å². The first-order valence-corrected chi connectivity index (χ1v) is 7.02. The third-order valence-corrected chi connectivity index (χ3v) is 3.98. The quantitative estimate of drug-likeness (QED) is 0.899. The van der Waals surface area contributed by atoms with E-state index in [-0.39, 0.29) is 6.04 Å². The van der Waals surface area contributed by atoms with Gasteiger partial charge in [0.05, 0.1) is 6.26 Å². The first kappa shape index (κ1) is 13.4. The predicted octanol–water partition coefficient (Wildman–Crippen LogP) is 4.11. The first-order chi connectivity index (χ1) is 8.76. The number of hydrogen-bond donors (Lipinski definition) is 1. The average Bonchev–Trinajstić information content (AvgIpc) is 2.86. The van der Waals surface area contributed by atoms with Crippen molar-refractivity contribution in [1.82, 2.24) is 5.32 Å². The summed E-state index contributed by atoms with van der Waals surface area (Å²) in [5.74, 6) is 1.07. The zero-order valence-electron chi connectivity index (χ0n) is 10.7. The standard InChI is InChI=1S/C15H18BrNO/c1-3-15-12(8-9-18-15)14(17-2)10-11-6-4-5-7-13(11)16/h4-9,14,17H,3,10H2,1-2H3. The molecule has 1 aromatic carbocycles. The minimum atomic E-state index is 0.289. The molecule has 1 N–H and O–H groups in total. The van der Waals surface area contributed by atoms with Crippen LogP contribution in [0.15, 0.2) is 45.5 Å². The lowest BCUT2D eigenvalue weighted by atomic mass is 9.98. The summed E-state index contributed by atoms with van der Waals surface area (Å²) in [6.07, 6.45) is 3.65. The highest BCUT2D eigenvalue weighted by molar-refractivity contribution is 9.10. The summed E-state index contributed by atoms with van der Waals surface area (Å²) in [5.41, 5.74) is 2.57. The molecule has 0 saturated carbocycles. The van der Waals surface area contributed by atoms with Crippen molar-refractivity contribution < 1.29 is 4.42 Å². The van der Waals surface area contributed by atoms with Gasteiger partial charge in [-0.05, 0) is 31.2 Å². The van der Waals surface area contributed by atoms with E-state index in [1.807, 2.05) is 13.1 Å². The van der Waals surface area contributed by atoms with E-state index in [9.17, 15) is 0 Å². The van der Waals surface area contributed by atoms with Crippen LogP contribution in [0.3, 0.4) is 0 Å². The van der Waals surface area contributed by atoms with Gasteiger partial charge in [-0.15, -0.1) is 0 Å². The molecule has 0 spiro atoms. The number of benzene rings is 1. The Labute approximate surface area is 117 Å². The van der Waals surface area contributed by atoms with E-state index >= 15 is 0 Å². The number of rotatable bonds is 5. The Morgan fingerprint density at radius 1 is 1.28 bits per heavy atom. The summed E-state index contributed by atoms with van der Waals surface area (Å²) >= 11 is 3.60. The highest BCUT2D eigenvalue weighted by atomic mass is 79.9. The minimum Gasteiger partial charge on any atom is -0.469 e. The van der Waals surface area contributed by atoms with Crippen molar-refractivity contribution in [3.05, 3.63) is 58.0 Å². The predicted molar refractivity (Wildman–Crippen MR) is 77.7 cm³/mol. The third-order valence-electron chi connectivity index (χ3n) is 3.21. The maximum Gasteiger partial charge on any atom is 0.108 e. The molecule has 1 atom stereocenters. The van der Waals surface area contributed by atoms with Gasteiger partial charge in [-0.3, -0.25) is 0 Å². The molecule has 2 nitrogen and oxygen atoms in total. The van der Waals surface area contributed by atoms with Crippen LogP contribution >= 0.6 is 15.9 Å². The van der Waals surface area contributed by atoms with Crippen LogP contribution in [0.4, 0.5) is 0 Å². The zero-order chi connectivity index (χ0) is 13.0. The van der Waals surface area contributed by atoms with Crippen LogP contribution in [-0.4, -0.2) is 7.05 Å². The van der Waals surface area contributed by atoms with Gasteiger partial charge in [-0.1, -0.05) is 41.1 Å². The molecule has 3 heteroatoms. The fraction of sp³-hybridized carbons (Fsp3) is 0.333. The van der Waals surface area contributed by atoms with Gasteiger partial charge in [0.2, 0.25) is 0 Å². The van der Waals surface area contributed by atoms with Gasteiger partial charge in [-0.25, -0.2) is 0 Å². The zero-order valence-corrected chi connectivity index (χ0v) is 12.3. The summed E-state index contributed by atoms with van der Waals surface area (Å²) < 4.78 is 6.67. The number of nitrogens with one attached hydrogen (secondary N) is 1. The van der Waals surface area contributed by atoms with Gasteiger partial charge in [-0.2, -0.15) is 0 Å². The molecule has 1 aromatic heterocycles. The maximum absolute atomic E-state index is 5.51. The van der Waals surface area contributed by atoms with Gasteiger partial charge in [0, 0.05) is 22.5 Å². The van der Waals surface area contributed by atoms with Crippen LogP contribution in [0.5, 0.6) is 0 Å². The summed E-state index contributed by atoms with van der Waals surface area (Å²) in [7, 11) is 1.99. The number of furan rings is 1. The van der Waals surface area contributed by atoms with Gasteiger partial charge in [0.25, 0.3) is 0 Å². The lowest BCUT2D eigenvalue weighted by Crippen LogP contribution is -2.19. The largest absolute Gasteiger partial charge is 0.469 e. The van der Waals surface area contributed by atoms with Crippen LogP contribution in [0, 0.1) is 0 Å². The SMILES string of the molecule is CCc1occc1C(Cc1ccccc1Br)NC. The first-order valence-electron chi connectivity index (χ1n) is 6.23. The van der Waals surface area contributed by atoms with E-state index in [4.69, 9.17) is 4.42 Å². The number of aryl methyl sites for hydroxylation is 1. The average molecular weight is 308 g/mol. The Hall–Kier alpha value is -1.06. The minimum absolute atomic E-state index is 0.289. The van der Waals surface area contributed by atoms with E-state index in [1.54, 1.807) is 6.26 Å². The van der Waals surface area contributed by atoms with Crippen molar-refractivity contribution in [3.8, 4) is 0 Å². The second-order valence-electron chi connectivity index (χ2n) is 4.29. The molecule has 0 aliphatic heterocycles. The Bertz CT molecular complexity index is 507. The highest BCUT2D eigenvalue weighted by Gasteiger charge is 2.16. The summed E-state index contributed by atoms with van der Waals surface area (Å²) in [4.78, 5) is 0. The van der Waals surface area contributed by atoms with E-state index < -0.39 is 0 Å². The molecule has 1 unspecified atom stereocenters. The molecule has 0 aliphatic carbocycles. The number of likely N-dealkylation sites (N-methyl/N-ethyl adjacent to an activating group) is 1. The van der Waals surface area contributed by atoms with Crippen molar-refractivity contribution in [2.75, 3.05) is 7.05 Å². The van der Waals surface area contributed by atoms with E-state index in [0.29, 0.717) is 0 Å². The molecule has 0 radical (unpaired) electrons. The van der Waals surface area contributed by atoms with Crippen LogP contribution in [-0.2, 0) is 12.8 Å². The normalized spacial score (nSPS) is 12.6. The fourth-order valence-electron chi connectivity index (χ4n) is 2.20. The van der Waals surface area contributed by atoms with Crippen LogP contribution in [0.25, 0.3) is 0 Å². The topological polar surface area (TPSA) is 25.2 Å². The third kappa shape index (κ3) is 2.85. The number of halogens is 1. The number of hydrogen-bond acceptors (Lipinski definition) is 2. The van der Waals surface area contributed by atoms with Crippen LogP contribution < -0.4 is 5.32 Å². The molecule has 0 bridgehead atoms. The van der Waals surface area contributed by atoms with Crippen LogP contribution in [0.2, 0.25) is 0 Å². The van der Waals surface area contributed by atoms with Gasteiger partial charge in [0.1, 0.15) is 5.76 Å². The van der Waals surface area contributed by atoms with Crippen molar-refractivity contribution in [3.63, 3.8) is 0 Å². The van der Waals surface area contributed by atoms with Gasteiger partial charge >= 0.3 is 0 Å². The molecule has 0 fully saturated rings. The van der Waals surface area contributed by atoms with E-state index in [0.717, 1.165) is 23.1 Å². The summed E-state index contributed by atoms with van der Waals surface area (Å²) in [6, 6.07) is 10.7. The molecule has 18 heavy (non-hydrogen) atoms. The van der Waals surface area contributed by atoms with Gasteiger partial charge < -0.3 is 9.73 Å². The summed E-state index contributed by atoms with van der Waals surface area (Å²) in [5, 5.41) is 3.37. The Morgan fingerprint density at radius 3 is 2.72 bits per heavy atom. The second kappa shape index (κ2) is 6.21. The maximum atomic E-state index is 5.51. The highest BCUT2D eigenvalue weighted by Crippen LogP contribution is 2.26. The lowest BCUT2D eigenvalue weighted by Gasteiger charge is -2.17. The molecule has 0 amide bonds. The molecular formula is C15H18BrNO. The molecule has 96 valence electrons. The molecule has 2 aromatic rings. The molecule has 0 aliphatic rings. The van der Waals surface area contributed by atoms with Crippen LogP contribution in [0.1, 0.15) is 29.9 Å². The Morgan fingerprint density at radius 2 is 2.06 bits per heavy atom. The van der Waals surface area contributed by atoms with E-state index in [2.05, 4.69) is 52.4 Å². The summed E-state index contributed by atoms with van der Waals surface area (Å²) in [6.45, 7) is 2.12.